The standard InChI is InChI=1S/C17H16ClNO4/c1-22-17(21)10-12-2-8-15(9-3-12)23-11-16(20)19-14-6-4-13(18)5-7-14/h2-9H,10-11H2,1H3,(H,19,20). The minimum absolute atomic E-state index is 0.112. The first-order valence-electron chi connectivity index (χ1n) is 6.91. The van der Waals surface area contributed by atoms with Gasteiger partial charge < -0.3 is 14.8 Å². The van der Waals surface area contributed by atoms with Crippen molar-refractivity contribution >= 4 is 29.2 Å². The van der Waals surface area contributed by atoms with Crippen molar-refractivity contribution in [3.63, 3.8) is 0 Å². The lowest BCUT2D eigenvalue weighted by Crippen LogP contribution is -2.20. The molecule has 0 spiro atoms. The zero-order chi connectivity index (χ0) is 16.7. The predicted octanol–water partition coefficient (Wildman–Crippen LogP) is 3.07. The molecule has 0 aliphatic carbocycles. The number of amides is 1. The SMILES string of the molecule is COC(=O)Cc1ccc(OCC(=O)Nc2ccc(Cl)cc2)cc1. The average molecular weight is 334 g/mol. The van der Waals surface area contributed by atoms with Crippen LogP contribution in [0.25, 0.3) is 0 Å². The monoisotopic (exact) mass is 333 g/mol. The number of rotatable bonds is 6. The lowest BCUT2D eigenvalue weighted by Gasteiger charge is -2.08. The minimum Gasteiger partial charge on any atom is -0.484 e. The van der Waals surface area contributed by atoms with Gasteiger partial charge >= 0.3 is 5.97 Å². The van der Waals surface area contributed by atoms with Gasteiger partial charge in [0.2, 0.25) is 0 Å². The molecule has 1 N–H and O–H groups in total. The van der Waals surface area contributed by atoms with Crippen molar-refractivity contribution in [2.75, 3.05) is 19.0 Å². The molecule has 0 aliphatic heterocycles. The van der Waals surface area contributed by atoms with Crippen molar-refractivity contribution in [1.29, 1.82) is 0 Å². The molecule has 0 saturated heterocycles. The van der Waals surface area contributed by atoms with E-state index in [1.54, 1.807) is 48.5 Å². The van der Waals surface area contributed by atoms with Crippen molar-refractivity contribution < 1.29 is 19.1 Å². The third kappa shape index (κ3) is 5.64. The van der Waals surface area contributed by atoms with Crippen molar-refractivity contribution in [3.8, 4) is 5.75 Å². The highest BCUT2D eigenvalue weighted by molar-refractivity contribution is 6.30. The highest BCUT2D eigenvalue weighted by Gasteiger charge is 2.05. The average Bonchev–Trinajstić information content (AvgIpc) is 2.56. The van der Waals surface area contributed by atoms with Crippen LogP contribution in [0.15, 0.2) is 48.5 Å². The molecule has 0 unspecified atom stereocenters. The van der Waals surface area contributed by atoms with Crippen LogP contribution in [0.4, 0.5) is 5.69 Å². The third-order valence-electron chi connectivity index (χ3n) is 3.00. The Labute approximate surface area is 139 Å². The van der Waals surface area contributed by atoms with Crippen LogP contribution in [-0.4, -0.2) is 25.6 Å². The molecular weight excluding hydrogens is 318 g/mol. The quantitative estimate of drug-likeness (QED) is 0.825. The van der Waals surface area contributed by atoms with E-state index in [0.29, 0.717) is 16.5 Å². The molecular formula is C17H16ClNO4. The maximum Gasteiger partial charge on any atom is 0.309 e. The molecule has 2 aromatic rings. The number of nitrogens with one attached hydrogen (secondary N) is 1. The normalized spacial score (nSPS) is 10.0. The molecule has 5 nitrogen and oxygen atoms in total. The topological polar surface area (TPSA) is 64.6 Å². The summed E-state index contributed by atoms with van der Waals surface area (Å²) >= 11 is 5.78. The van der Waals surface area contributed by atoms with Crippen LogP contribution in [0.3, 0.4) is 0 Å². The summed E-state index contributed by atoms with van der Waals surface area (Å²) < 4.78 is 9.99. The molecule has 120 valence electrons. The van der Waals surface area contributed by atoms with E-state index in [0.717, 1.165) is 5.56 Å². The van der Waals surface area contributed by atoms with Crippen LogP contribution in [0.5, 0.6) is 5.75 Å². The fraction of sp³-hybridized carbons (Fsp3) is 0.176. The summed E-state index contributed by atoms with van der Waals surface area (Å²) in [5, 5.41) is 3.30. The summed E-state index contributed by atoms with van der Waals surface area (Å²) in [4.78, 5) is 23.0. The van der Waals surface area contributed by atoms with Crippen molar-refractivity contribution in [2.45, 2.75) is 6.42 Å². The second-order valence-electron chi connectivity index (χ2n) is 4.74. The molecule has 1 amide bonds. The number of methoxy groups -OCH3 is 1. The van der Waals surface area contributed by atoms with Gasteiger partial charge in [-0.25, -0.2) is 0 Å². The molecule has 0 atom stereocenters. The molecule has 23 heavy (non-hydrogen) atoms. The first-order valence-corrected chi connectivity index (χ1v) is 7.28. The number of benzene rings is 2. The lowest BCUT2D eigenvalue weighted by atomic mass is 10.1. The summed E-state index contributed by atoms with van der Waals surface area (Å²) in [6, 6.07) is 13.7. The fourth-order valence-electron chi connectivity index (χ4n) is 1.82. The molecule has 0 bridgehead atoms. The number of ether oxygens (including phenoxy) is 2. The Hall–Kier alpha value is -2.53. The third-order valence-corrected chi connectivity index (χ3v) is 3.25. The summed E-state index contributed by atoms with van der Waals surface area (Å²) in [6.07, 6.45) is 0.202. The molecule has 2 aromatic carbocycles. The summed E-state index contributed by atoms with van der Waals surface area (Å²) in [7, 11) is 1.35. The van der Waals surface area contributed by atoms with E-state index in [4.69, 9.17) is 16.3 Å². The second-order valence-corrected chi connectivity index (χ2v) is 5.18. The Morgan fingerprint density at radius 1 is 1.04 bits per heavy atom. The highest BCUT2D eigenvalue weighted by atomic mass is 35.5. The van der Waals surface area contributed by atoms with E-state index in [9.17, 15) is 9.59 Å². The van der Waals surface area contributed by atoms with Crippen LogP contribution >= 0.6 is 11.6 Å². The van der Waals surface area contributed by atoms with Gasteiger partial charge in [0.25, 0.3) is 5.91 Å². The lowest BCUT2D eigenvalue weighted by molar-refractivity contribution is -0.139. The summed E-state index contributed by atoms with van der Waals surface area (Å²) in [6.45, 7) is -0.112. The number of hydrogen-bond donors (Lipinski definition) is 1. The van der Waals surface area contributed by atoms with Crippen LogP contribution in [0.2, 0.25) is 5.02 Å². The summed E-state index contributed by atoms with van der Waals surface area (Å²) in [5.74, 6) is -0.0307. The Bertz CT molecular complexity index is 668. The molecule has 0 radical (unpaired) electrons. The van der Waals surface area contributed by atoms with Crippen LogP contribution in [0, 0.1) is 0 Å². The number of carbonyl (C=O) groups excluding carboxylic acids is 2. The van der Waals surface area contributed by atoms with Gasteiger partial charge in [-0.2, -0.15) is 0 Å². The Morgan fingerprint density at radius 3 is 2.30 bits per heavy atom. The molecule has 0 aromatic heterocycles. The van der Waals surface area contributed by atoms with E-state index >= 15 is 0 Å². The predicted molar refractivity (Wildman–Crippen MR) is 87.7 cm³/mol. The maximum atomic E-state index is 11.8. The Balaban J connectivity index is 1.82. The minimum atomic E-state index is -0.305. The molecule has 0 heterocycles. The van der Waals surface area contributed by atoms with Gasteiger partial charge in [0, 0.05) is 10.7 Å². The number of carbonyl (C=O) groups is 2. The first kappa shape index (κ1) is 16.8. The smallest absolute Gasteiger partial charge is 0.309 e. The van der Waals surface area contributed by atoms with Gasteiger partial charge in [0.05, 0.1) is 13.5 Å². The van der Waals surface area contributed by atoms with Crippen LogP contribution in [0.1, 0.15) is 5.56 Å². The van der Waals surface area contributed by atoms with Crippen molar-refractivity contribution in [2.24, 2.45) is 0 Å². The van der Waals surface area contributed by atoms with Gasteiger partial charge in [0.1, 0.15) is 5.75 Å². The largest absolute Gasteiger partial charge is 0.484 e. The molecule has 0 fully saturated rings. The molecule has 6 heteroatoms. The van der Waals surface area contributed by atoms with Gasteiger partial charge in [-0.1, -0.05) is 23.7 Å². The first-order chi connectivity index (χ1) is 11.1. The van der Waals surface area contributed by atoms with Crippen LogP contribution < -0.4 is 10.1 Å². The highest BCUT2D eigenvalue weighted by Crippen LogP contribution is 2.15. The number of anilines is 1. The second kappa shape index (κ2) is 8.19. The Morgan fingerprint density at radius 2 is 1.70 bits per heavy atom. The zero-order valence-electron chi connectivity index (χ0n) is 12.5. The van der Waals surface area contributed by atoms with E-state index in [-0.39, 0.29) is 24.9 Å². The van der Waals surface area contributed by atoms with E-state index in [1.165, 1.54) is 7.11 Å². The fourth-order valence-corrected chi connectivity index (χ4v) is 1.95. The van der Waals surface area contributed by atoms with Gasteiger partial charge in [-0.3, -0.25) is 9.59 Å². The van der Waals surface area contributed by atoms with E-state index in [2.05, 4.69) is 10.1 Å². The van der Waals surface area contributed by atoms with Crippen molar-refractivity contribution in [1.82, 2.24) is 0 Å². The summed E-state index contributed by atoms with van der Waals surface area (Å²) in [5.41, 5.74) is 1.46. The number of hydrogen-bond acceptors (Lipinski definition) is 4. The number of esters is 1. The van der Waals surface area contributed by atoms with Gasteiger partial charge in [-0.15, -0.1) is 0 Å². The zero-order valence-corrected chi connectivity index (χ0v) is 13.3. The maximum absolute atomic E-state index is 11.8. The van der Waals surface area contributed by atoms with Gasteiger partial charge in [0.15, 0.2) is 6.61 Å². The van der Waals surface area contributed by atoms with Gasteiger partial charge in [-0.05, 0) is 42.0 Å². The van der Waals surface area contributed by atoms with E-state index in [1.807, 2.05) is 0 Å². The molecule has 0 aliphatic rings. The van der Waals surface area contributed by atoms with E-state index < -0.39 is 0 Å². The molecule has 2 rings (SSSR count). The van der Waals surface area contributed by atoms with Crippen LogP contribution in [-0.2, 0) is 20.7 Å². The number of halogens is 1. The Kier molecular flexibility index (Phi) is 6.00. The van der Waals surface area contributed by atoms with Crippen molar-refractivity contribution in [3.05, 3.63) is 59.1 Å². The molecule has 0 saturated carbocycles.